The number of rotatable bonds is 1. The number of carbonyl (C=O) groups excluding carboxylic acids is 1. The molecule has 2 rings (SSSR count). The Balaban J connectivity index is 2.78. The summed E-state index contributed by atoms with van der Waals surface area (Å²) in [5.74, 6) is 0. The number of benzene rings is 1. The van der Waals surface area contributed by atoms with Gasteiger partial charge in [0.05, 0.1) is 0 Å². The van der Waals surface area contributed by atoms with Gasteiger partial charge in [-0.15, -0.1) is 0 Å². The van der Waals surface area contributed by atoms with Crippen LogP contribution in [0.3, 0.4) is 0 Å². The summed E-state index contributed by atoms with van der Waals surface area (Å²) >= 11 is 11.2. The van der Waals surface area contributed by atoms with Crippen LogP contribution in [0.4, 0.5) is 0 Å². The lowest BCUT2D eigenvalue weighted by atomic mass is 10.1. The van der Waals surface area contributed by atoms with E-state index in [1.54, 1.807) is 6.07 Å². The highest BCUT2D eigenvalue weighted by Gasteiger charge is 2.07. The molecule has 0 radical (unpaired) electrons. The zero-order chi connectivity index (χ0) is 10.1. The van der Waals surface area contributed by atoms with Gasteiger partial charge in [0.2, 0.25) is 0 Å². The Morgan fingerprint density at radius 2 is 2.00 bits per heavy atom. The number of halogens is 2. The fourth-order valence-electron chi connectivity index (χ4n) is 1.26. The Kier molecular flexibility index (Phi) is 2.40. The summed E-state index contributed by atoms with van der Waals surface area (Å²) in [6.45, 7) is 0. The van der Waals surface area contributed by atoms with Crippen molar-refractivity contribution in [2.75, 3.05) is 0 Å². The van der Waals surface area contributed by atoms with Crippen LogP contribution < -0.4 is 0 Å². The average molecular weight is 226 g/mol. The largest absolute Gasteiger partial charge is 0.274 e. The maximum Gasteiger partial charge on any atom is 0.270 e. The Bertz CT molecular complexity index is 510. The molecule has 1 heterocycles. The van der Waals surface area contributed by atoms with Crippen molar-refractivity contribution in [2.45, 2.75) is 0 Å². The van der Waals surface area contributed by atoms with Crippen molar-refractivity contribution < 1.29 is 4.79 Å². The number of pyridine rings is 1. The lowest BCUT2D eigenvalue weighted by molar-refractivity contribution is 0.107. The minimum atomic E-state index is -0.599. The minimum Gasteiger partial charge on any atom is -0.274 e. The molecule has 0 aliphatic heterocycles. The maximum absolute atomic E-state index is 10.9. The van der Waals surface area contributed by atoms with Gasteiger partial charge in [0.15, 0.2) is 0 Å². The first-order valence-electron chi connectivity index (χ1n) is 3.93. The molecule has 4 heteroatoms. The van der Waals surface area contributed by atoms with Crippen LogP contribution in [0.5, 0.6) is 0 Å². The van der Waals surface area contributed by atoms with Gasteiger partial charge < -0.3 is 0 Å². The van der Waals surface area contributed by atoms with Gasteiger partial charge >= 0.3 is 0 Å². The zero-order valence-corrected chi connectivity index (χ0v) is 8.51. The minimum absolute atomic E-state index is 0.176. The molecule has 0 spiro atoms. The van der Waals surface area contributed by atoms with Crippen LogP contribution in [0.1, 0.15) is 10.5 Å². The molecular weight excluding hydrogens is 221 g/mol. The maximum atomic E-state index is 10.9. The van der Waals surface area contributed by atoms with Crippen molar-refractivity contribution in [2.24, 2.45) is 0 Å². The predicted molar refractivity (Wildman–Crippen MR) is 56.9 cm³/mol. The van der Waals surface area contributed by atoms with E-state index in [0.29, 0.717) is 5.15 Å². The number of nitrogens with zero attached hydrogens (tertiary/aromatic N) is 1. The highest BCUT2D eigenvalue weighted by molar-refractivity contribution is 6.67. The van der Waals surface area contributed by atoms with Gasteiger partial charge in [0, 0.05) is 5.39 Å². The van der Waals surface area contributed by atoms with Crippen molar-refractivity contribution in [3.63, 3.8) is 0 Å². The molecule has 0 amide bonds. The predicted octanol–water partition coefficient (Wildman–Crippen LogP) is 3.27. The van der Waals surface area contributed by atoms with Crippen molar-refractivity contribution >= 4 is 39.2 Å². The Labute approximate surface area is 90.5 Å². The summed E-state index contributed by atoms with van der Waals surface area (Å²) in [6, 6.07) is 9.04. The summed E-state index contributed by atoms with van der Waals surface area (Å²) in [4.78, 5) is 14.8. The molecule has 0 unspecified atom stereocenters. The zero-order valence-electron chi connectivity index (χ0n) is 7.00. The van der Waals surface area contributed by atoms with Gasteiger partial charge in [-0.25, -0.2) is 4.98 Å². The molecule has 14 heavy (non-hydrogen) atoms. The molecule has 70 valence electrons. The highest BCUT2D eigenvalue weighted by atomic mass is 35.5. The van der Waals surface area contributed by atoms with E-state index in [4.69, 9.17) is 23.2 Å². The summed E-state index contributed by atoms with van der Waals surface area (Å²) < 4.78 is 0. The summed E-state index contributed by atoms with van der Waals surface area (Å²) in [7, 11) is 0. The fourth-order valence-corrected chi connectivity index (χ4v) is 1.62. The summed E-state index contributed by atoms with van der Waals surface area (Å²) in [5.41, 5.74) is 0.176. The van der Waals surface area contributed by atoms with Gasteiger partial charge in [-0.2, -0.15) is 0 Å². The molecule has 0 aliphatic rings. The van der Waals surface area contributed by atoms with Crippen LogP contribution in [0.15, 0.2) is 30.3 Å². The number of carbonyl (C=O) groups is 1. The topological polar surface area (TPSA) is 30.0 Å². The number of aromatic nitrogens is 1. The van der Waals surface area contributed by atoms with Crippen molar-refractivity contribution in [1.29, 1.82) is 0 Å². The van der Waals surface area contributed by atoms with Crippen LogP contribution in [0.2, 0.25) is 5.15 Å². The van der Waals surface area contributed by atoms with Gasteiger partial charge in [-0.1, -0.05) is 35.9 Å². The Morgan fingerprint density at radius 1 is 1.29 bits per heavy atom. The van der Waals surface area contributed by atoms with E-state index in [9.17, 15) is 4.79 Å². The van der Waals surface area contributed by atoms with Crippen molar-refractivity contribution in [1.82, 2.24) is 4.98 Å². The fraction of sp³-hybridized carbons (Fsp3) is 0. The number of fused-ring (bicyclic) bond motifs is 1. The van der Waals surface area contributed by atoms with Crippen LogP contribution in [-0.4, -0.2) is 10.2 Å². The molecule has 1 aromatic heterocycles. The van der Waals surface area contributed by atoms with Gasteiger partial charge in [0.25, 0.3) is 5.24 Å². The third kappa shape index (κ3) is 1.59. The molecule has 0 aliphatic carbocycles. The first-order valence-corrected chi connectivity index (χ1v) is 4.69. The van der Waals surface area contributed by atoms with Crippen molar-refractivity contribution in [3.05, 3.63) is 41.2 Å². The lowest BCUT2D eigenvalue weighted by Crippen LogP contribution is -1.94. The molecular formula is C10H5Cl2NO. The molecule has 0 atom stereocenters. The Hall–Kier alpha value is -1.12. The Morgan fingerprint density at radius 3 is 2.71 bits per heavy atom. The quantitative estimate of drug-likeness (QED) is 0.551. The van der Waals surface area contributed by atoms with E-state index in [1.165, 1.54) is 0 Å². The molecule has 0 N–H and O–H groups in total. The third-order valence-electron chi connectivity index (χ3n) is 1.90. The van der Waals surface area contributed by atoms with Crippen LogP contribution >= 0.6 is 23.2 Å². The average Bonchev–Trinajstić information content (AvgIpc) is 2.17. The van der Waals surface area contributed by atoms with E-state index in [2.05, 4.69) is 4.98 Å². The summed E-state index contributed by atoms with van der Waals surface area (Å²) in [5, 5.41) is 1.37. The smallest absolute Gasteiger partial charge is 0.270 e. The summed E-state index contributed by atoms with van der Waals surface area (Å²) in [6.07, 6.45) is 0. The van der Waals surface area contributed by atoms with Gasteiger partial charge in [-0.3, -0.25) is 4.79 Å². The SMILES string of the molecule is O=C(Cl)c1cc2ccccc2c(Cl)n1. The van der Waals surface area contributed by atoms with E-state index >= 15 is 0 Å². The van der Waals surface area contributed by atoms with Gasteiger partial charge in [0.1, 0.15) is 10.8 Å². The molecule has 0 fully saturated rings. The standard InChI is InChI=1S/C10H5Cl2NO/c11-9-7-4-2-1-3-6(7)5-8(13-9)10(12)14/h1-5H. The number of hydrogen-bond acceptors (Lipinski definition) is 2. The van der Waals surface area contributed by atoms with Crippen LogP contribution in [-0.2, 0) is 0 Å². The van der Waals surface area contributed by atoms with Crippen LogP contribution in [0.25, 0.3) is 10.8 Å². The second-order valence-electron chi connectivity index (χ2n) is 2.79. The van der Waals surface area contributed by atoms with E-state index < -0.39 is 5.24 Å². The highest BCUT2D eigenvalue weighted by Crippen LogP contribution is 2.22. The van der Waals surface area contributed by atoms with Crippen LogP contribution in [0, 0.1) is 0 Å². The normalized spacial score (nSPS) is 10.4. The van der Waals surface area contributed by atoms with E-state index in [1.807, 2.05) is 24.3 Å². The monoisotopic (exact) mass is 225 g/mol. The van der Waals surface area contributed by atoms with Gasteiger partial charge in [-0.05, 0) is 23.1 Å². The third-order valence-corrected chi connectivity index (χ3v) is 2.38. The van der Waals surface area contributed by atoms with E-state index in [-0.39, 0.29) is 5.69 Å². The number of hydrogen-bond donors (Lipinski definition) is 0. The van der Waals surface area contributed by atoms with E-state index in [0.717, 1.165) is 10.8 Å². The second kappa shape index (κ2) is 3.56. The molecule has 2 nitrogen and oxygen atoms in total. The molecule has 0 saturated carbocycles. The first kappa shape index (κ1) is 9.44. The molecule has 0 saturated heterocycles. The van der Waals surface area contributed by atoms with Crippen molar-refractivity contribution in [3.8, 4) is 0 Å². The first-order chi connectivity index (χ1) is 6.68. The molecule has 1 aromatic carbocycles. The second-order valence-corrected chi connectivity index (χ2v) is 3.49. The molecule has 0 bridgehead atoms. The molecule has 2 aromatic rings. The lowest BCUT2D eigenvalue weighted by Gasteiger charge is -2.00.